The molecule has 4 heterocycles. The van der Waals surface area contributed by atoms with Gasteiger partial charge in [-0.2, -0.15) is 17.4 Å². The van der Waals surface area contributed by atoms with Crippen molar-refractivity contribution in [3.05, 3.63) is 92.2 Å². The zero-order valence-electron chi connectivity index (χ0n) is 15.1. The topological polar surface area (TPSA) is 62.9 Å². The number of furan rings is 1. The van der Waals surface area contributed by atoms with Crippen LogP contribution in [0, 0.1) is 6.26 Å². The molecule has 7 heteroatoms. The molecular weight excluding hydrogens is 530 g/mol. The van der Waals surface area contributed by atoms with Gasteiger partial charge in [0.1, 0.15) is 0 Å². The van der Waals surface area contributed by atoms with Gasteiger partial charge in [0.15, 0.2) is 0 Å². The van der Waals surface area contributed by atoms with Gasteiger partial charge >= 0.3 is 0 Å². The molecule has 5 aromatic rings. The zero-order valence-corrected chi connectivity index (χ0v) is 17.5. The molecular formula is C21H17IrN5O-2. The van der Waals surface area contributed by atoms with E-state index in [4.69, 9.17) is 4.42 Å². The molecule has 1 aromatic carbocycles. The summed E-state index contributed by atoms with van der Waals surface area (Å²) in [7, 11) is 1.96. The van der Waals surface area contributed by atoms with Crippen molar-refractivity contribution in [3.8, 4) is 28.2 Å². The van der Waals surface area contributed by atoms with Crippen LogP contribution in [-0.4, -0.2) is 19.3 Å². The summed E-state index contributed by atoms with van der Waals surface area (Å²) < 4.78 is 8.36. The van der Waals surface area contributed by atoms with Crippen LogP contribution in [-0.2, 0) is 27.2 Å². The third-order valence-corrected chi connectivity index (χ3v) is 3.92. The van der Waals surface area contributed by atoms with Crippen molar-refractivity contribution >= 4 is 0 Å². The quantitative estimate of drug-likeness (QED) is 0.321. The van der Waals surface area contributed by atoms with E-state index in [-0.39, 0.29) is 20.1 Å². The van der Waals surface area contributed by atoms with Gasteiger partial charge in [-0.05, 0) is 22.9 Å². The molecule has 0 aliphatic carbocycles. The van der Waals surface area contributed by atoms with Crippen LogP contribution in [0.4, 0.5) is 0 Å². The Kier molecular flexibility index (Phi) is 6.42. The molecule has 0 aliphatic rings. The fourth-order valence-electron chi connectivity index (χ4n) is 2.60. The Balaban J connectivity index is 0.000000175. The Morgan fingerprint density at radius 2 is 1.93 bits per heavy atom. The maximum atomic E-state index is 4.75. The molecule has 4 aromatic heterocycles. The SMILES string of the molecule is Cn1cnc(-c2cc(-c3ccccc3)c[n-]2)c1.[Ir].[c-]1occc1-n1cccn1. The molecule has 6 nitrogen and oxygen atoms in total. The van der Waals surface area contributed by atoms with Gasteiger partial charge in [0.25, 0.3) is 0 Å². The average molecular weight is 548 g/mol. The Labute approximate surface area is 176 Å². The molecule has 0 bridgehead atoms. The first-order valence-corrected chi connectivity index (χ1v) is 8.41. The first kappa shape index (κ1) is 19.6. The predicted octanol–water partition coefficient (Wildman–Crippen LogP) is 3.97. The van der Waals surface area contributed by atoms with E-state index < -0.39 is 0 Å². The Morgan fingerprint density at radius 3 is 2.57 bits per heavy atom. The minimum absolute atomic E-state index is 0. The second-order valence-corrected chi connectivity index (χ2v) is 5.89. The van der Waals surface area contributed by atoms with Crippen LogP contribution in [0.25, 0.3) is 28.2 Å². The monoisotopic (exact) mass is 548 g/mol. The zero-order chi connectivity index (χ0) is 18.5. The maximum absolute atomic E-state index is 4.75. The minimum atomic E-state index is 0. The number of aromatic nitrogens is 5. The van der Waals surface area contributed by atoms with Crippen LogP contribution in [0.5, 0.6) is 0 Å². The molecule has 0 N–H and O–H groups in total. The Hall–Kier alpha value is -3.15. The van der Waals surface area contributed by atoms with Crippen molar-refractivity contribution in [2.45, 2.75) is 0 Å². The molecule has 5 rings (SSSR count). The summed E-state index contributed by atoms with van der Waals surface area (Å²) in [4.78, 5) is 8.69. The van der Waals surface area contributed by atoms with E-state index in [1.54, 1.807) is 29.5 Å². The van der Waals surface area contributed by atoms with Crippen molar-refractivity contribution < 1.29 is 24.5 Å². The van der Waals surface area contributed by atoms with Crippen molar-refractivity contribution in [1.29, 1.82) is 0 Å². The van der Waals surface area contributed by atoms with E-state index in [9.17, 15) is 0 Å². The van der Waals surface area contributed by atoms with Gasteiger partial charge in [-0.1, -0.05) is 42.7 Å². The normalized spacial score (nSPS) is 10.0. The van der Waals surface area contributed by atoms with E-state index in [1.165, 1.54) is 5.56 Å². The molecule has 0 saturated carbocycles. The van der Waals surface area contributed by atoms with Crippen molar-refractivity contribution in [2.75, 3.05) is 0 Å². The maximum Gasteiger partial charge on any atom is 0.0950 e. The van der Waals surface area contributed by atoms with Crippen LogP contribution >= 0.6 is 0 Å². The molecule has 0 spiro atoms. The molecule has 143 valence electrons. The number of nitrogens with zero attached hydrogens (tertiary/aromatic N) is 5. The number of hydrogen-bond acceptors (Lipinski definition) is 3. The summed E-state index contributed by atoms with van der Waals surface area (Å²) in [6, 6.07) is 16.0. The molecule has 0 atom stereocenters. The first-order chi connectivity index (χ1) is 13.3. The standard InChI is InChI=1S/C14H12N3.C7H5N2O.Ir/c1-17-9-14(16-10-17)13-7-12(8-15-13)11-5-3-2-4-6-11;1-3-8-9(4-1)7-2-5-10-6-7;/h2-10H,1H3;1-5H;/q2*-1;. The second-order valence-electron chi connectivity index (χ2n) is 5.89. The number of imidazole rings is 1. The molecule has 28 heavy (non-hydrogen) atoms. The van der Waals surface area contributed by atoms with Crippen LogP contribution in [0.2, 0.25) is 0 Å². The Bertz CT molecular complexity index is 1050. The van der Waals surface area contributed by atoms with Crippen LogP contribution < -0.4 is 4.98 Å². The van der Waals surface area contributed by atoms with Gasteiger partial charge in [0.05, 0.1) is 12.0 Å². The molecule has 0 aliphatic heterocycles. The van der Waals surface area contributed by atoms with Crippen LogP contribution in [0.1, 0.15) is 0 Å². The van der Waals surface area contributed by atoms with Crippen molar-refractivity contribution in [2.24, 2.45) is 7.05 Å². The molecule has 0 fully saturated rings. The summed E-state index contributed by atoms with van der Waals surface area (Å²) in [5, 5.41) is 3.98. The van der Waals surface area contributed by atoms with Crippen LogP contribution in [0.15, 0.2) is 90.3 Å². The average Bonchev–Trinajstić information content (AvgIpc) is 3.50. The van der Waals surface area contributed by atoms with Crippen molar-refractivity contribution in [3.63, 3.8) is 0 Å². The van der Waals surface area contributed by atoms with E-state index in [1.807, 2.05) is 54.5 Å². The fourth-order valence-corrected chi connectivity index (χ4v) is 2.60. The van der Waals surface area contributed by atoms with Gasteiger partial charge in [-0.15, -0.1) is 5.69 Å². The van der Waals surface area contributed by atoms with E-state index in [0.29, 0.717) is 0 Å². The first-order valence-electron chi connectivity index (χ1n) is 8.41. The van der Waals surface area contributed by atoms with E-state index in [0.717, 1.165) is 22.6 Å². The number of rotatable bonds is 3. The summed E-state index contributed by atoms with van der Waals surface area (Å²) in [5.41, 5.74) is 4.97. The molecule has 0 unspecified atom stereocenters. The Morgan fingerprint density at radius 1 is 1.07 bits per heavy atom. The summed E-state index contributed by atoms with van der Waals surface area (Å²) in [6.07, 6.45) is 13.4. The van der Waals surface area contributed by atoms with Crippen molar-refractivity contribution in [1.82, 2.24) is 24.3 Å². The number of hydrogen-bond donors (Lipinski definition) is 0. The van der Waals surface area contributed by atoms with Gasteiger partial charge in [-0.3, -0.25) is 4.68 Å². The number of aryl methyl sites for hydroxylation is 1. The third-order valence-electron chi connectivity index (χ3n) is 3.92. The predicted molar refractivity (Wildman–Crippen MR) is 102 cm³/mol. The van der Waals surface area contributed by atoms with Gasteiger partial charge < -0.3 is 14.0 Å². The summed E-state index contributed by atoms with van der Waals surface area (Å²) >= 11 is 0. The van der Waals surface area contributed by atoms with Gasteiger partial charge in [0.2, 0.25) is 0 Å². The summed E-state index contributed by atoms with van der Waals surface area (Å²) in [6.45, 7) is 0. The largest absolute Gasteiger partial charge is 0.662 e. The fraction of sp³-hybridized carbons (Fsp3) is 0.0476. The van der Waals surface area contributed by atoms with Crippen LogP contribution in [0.3, 0.4) is 0 Å². The minimum Gasteiger partial charge on any atom is -0.662 e. The van der Waals surface area contributed by atoms with E-state index in [2.05, 4.69) is 39.5 Å². The van der Waals surface area contributed by atoms with Gasteiger partial charge in [-0.25, -0.2) is 4.98 Å². The molecule has 0 amide bonds. The van der Waals surface area contributed by atoms with E-state index >= 15 is 0 Å². The smallest absolute Gasteiger partial charge is 0.0950 e. The molecule has 1 radical (unpaired) electrons. The number of benzene rings is 1. The third kappa shape index (κ3) is 4.57. The molecule has 0 saturated heterocycles. The van der Waals surface area contributed by atoms with Gasteiger partial charge in [0, 0.05) is 52.0 Å². The summed E-state index contributed by atoms with van der Waals surface area (Å²) in [5.74, 6) is 0. The second kappa shape index (κ2) is 9.17.